The number of hydrogen-bond donors (Lipinski definition) is 1. The highest BCUT2D eigenvalue weighted by Gasteiger charge is 2.10. The average molecular weight is 283 g/mol. The third-order valence-electron chi connectivity index (χ3n) is 2.47. The van der Waals surface area contributed by atoms with Gasteiger partial charge in [-0.2, -0.15) is 10.5 Å². The van der Waals surface area contributed by atoms with Gasteiger partial charge in [-0.05, 0) is 30.3 Å². The minimum atomic E-state index is -0.443. The monoisotopic (exact) mass is 282 g/mol. The normalized spacial score (nSPS) is 9.35. The Morgan fingerprint density at radius 1 is 1.15 bits per heavy atom. The zero-order valence-corrected chi connectivity index (χ0v) is 10.8. The van der Waals surface area contributed by atoms with Gasteiger partial charge in [-0.1, -0.05) is 11.6 Å². The summed E-state index contributed by atoms with van der Waals surface area (Å²) in [4.78, 5) is 15.8. The van der Waals surface area contributed by atoms with Crippen LogP contribution in [-0.2, 0) is 0 Å². The van der Waals surface area contributed by atoms with Crippen LogP contribution >= 0.6 is 11.6 Å². The molecule has 0 aliphatic carbocycles. The molecule has 0 saturated heterocycles. The molecule has 2 aromatic rings. The van der Waals surface area contributed by atoms with Gasteiger partial charge >= 0.3 is 0 Å². The Bertz CT molecular complexity index is 741. The lowest BCUT2D eigenvalue weighted by Crippen LogP contribution is -2.13. The van der Waals surface area contributed by atoms with Crippen LogP contribution in [0.4, 0.5) is 5.69 Å². The number of amides is 1. The van der Waals surface area contributed by atoms with Crippen LogP contribution in [0.25, 0.3) is 0 Å². The maximum absolute atomic E-state index is 11.9. The van der Waals surface area contributed by atoms with Gasteiger partial charge in [-0.15, -0.1) is 0 Å². The lowest BCUT2D eigenvalue weighted by molar-refractivity contribution is 0.102. The Labute approximate surface area is 120 Å². The molecule has 1 N–H and O–H groups in total. The maximum Gasteiger partial charge on any atom is 0.274 e. The third-order valence-corrected chi connectivity index (χ3v) is 2.78. The fraction of sp³-hybridized carbons (Fsp3) is 0. The van der Waals surface area contributed by atoms with Crippen molar-refractivity contribution in [2.45, 2.75) is 0 Å². The van der Waals surface area contributed by atoms with Crippen LogP contribution in [0.2, 0.25) is 5.02 Å². The van der Waals surface area contributed by atoms with Gasteiger partial charge in [0.15, 0.2) is 0 Å². The summed E-state index contributed by atoms with van der Waals surface area (Å²) in [5.41, 5.74) is 1.34. The van der Waals surface area contributed by atoms with E-state index >= 15 is 0 Å². The van der Waals surface area contributed by atoms with E-state index in [-0.39, 0.29) is 10.7 Å². The number of carbonyl (C=O) groups excluding carboxylic acids is 1. The fourth-order valence-electron chi connectivity index (χ4n) is 1.47. The first-order valence-electron chi connectivity index (χ1n) is 5.51. The third kappa shape index (κ3) is 2.92. The van der Waals surface area contributed by atoms with E-state index in [4.69, 9.17) is 22.1 Å². The Morgan fingerprint density at radius 2 is 1.85 bits per heavy atom. The van der Waals surface area contributed by atoms with Gasteiger partial charge < -0.3 is 5.32 Å². The van der Waals surface area contributed by atoms with Crippen LogP contribution in [0.5, 0.6) is 0 Å². The number of hydrogen-bond acceptors (Lipinski definition) is 4. The number of carbonyl (C=O) groups is 1. The van der Waals surface area contributed by atoms with E-state index in [1.807, 2.05) is 12.1 Å². The van der Waals surface area contributed by atoms with Crippen LogP contribution < -0.4 is 5.32 Å². The smallest absolute Gasteiger partial charge is 0.274 e. The van der Waals surface area contributed by atoms with E-state index in [1.54, 1.807) is 12.1 Å². The van der Waals surface area contributed by atoms with E-state index in [0.717, 1.165) is 0 Å². The van der Waals surface area contributed by atoms with Gasteiger partial charge in [0.2, 0.25) is 0 Å². The number of anilines is 1. The zero-order chi connectivity index (χ0) is 14.5. The molecular weight excluding hydrogens is 276 g/mol. The highest BCUT2D eigenvalue weighted by atomic mass is 35.5. The molecule has 0 unspecified atom stereocenters. The standard InChI is InChI=1S/C14H7ClN4O/c15-11-5-9(6-16)1-3-12(11)19-14(20)13-4-2-10(7-17)8-18-13/h1-5,8H,(H,19,20). The second kappa shape index (κ2) is 5.83. The molecule has 1 heterocycles. The number of pyridine rings is 1. The molecule has 0 saturated carbocycles. The van der Waals surface area contributed by atoms with Gasteiger partial charge in [-0.25, -0.2) is 4.98 Å². The predicted octanol–water partition coefficient (Wildman–Crippen LogP) is 2.73. The molecule has 1 aromatic heterocycles. The van der Waals surface area contributed by atoms with Gasteiger partial charge in [-0.3, -0.25) is 4.79 Å². The van der Waals surface area contributed by atoms with Crippen molar-refractivity contribution in [3.05, 3.63) is 58.4 Å². The minimum Gasteiger partial charge on any atom is -0.319 e. The summed E-state index contributed by atoms with van der Waals surface area (Å²) in [5, 5.41) is 20.2. The summed E-state index contributed by atoms with van der Waals surface area (Å²) < 4.78 is 0. The molecule has 1 amide bonds. The van der Waals surface area contributed by atoms with Crippen LogP contribution in [0.1, 0.15) is 21.6 Å². The van der Waals surface area contributed by atoms with E-state index in [2.05, 4.69) is 10.3 Å². The molecule has 0 radical (unpaired) electrons. The molecule has 0 aliphatic rings. The highest BCUT2D eigenvalue weighted by Crippen LogP contribution is 2.23. The molecule has 2 rings (SSSR count). The Balaban J connectivity index is 2.19. The number of nitrogens with zero attached hydrogens (tertiary/aromatic N) is 3. The topological polar surface area (TPSA) is 89.6 Å². The summed E-state index contributed by atoms with van der Waals surface area (Å²) in [6.07, 6.45) is 1.31. The van der Waals surface area contributed by atoms with Crippen molar-refractivity contribution < 1.29 is 4.79 Å². The summed E-state index contributed by atoms with van der Waals surface area (Å²) >= 11 is 5.96. The summed E-state index contributed by atoms with van der Waals surface area (Å²) in [6.45, 7) is 0. The maximum atomic E-state index is 11.9. The van der Waals surface area contributed by atoms with Crippen molar-refractivity contribution in [1.82, 2.24) is 4.98 Å². The van der Waals surface area contributed by atoms with E-state index in [9.17, 15) is 4.79 Å². The Kier molecular flexibility index (Phi) is 3.95. The van der Waals surface area contributed by atoms with Crippen molar-refractivity contribution in [1.29, 1.82) is 10.5 Å². The molecule has 0 aliphatic heterocycles. The second-order valence-corrected chi connectivity index (χ2v) is 4.21. The Hall–Kier alpha value is -2.89. The fourth-order valence-corrected chi connectivity index (χ4v) is 1.69. The first-order chi connectivity index (χ1) is 9.63. The van der Waals surface area contributed by atoms with Crippen molar-refractivity contribution >= 4 is 23.2 Å². The number of rotatable bonds is 2. The van der Waals surface area contributed by atoms with Gasteiger partial charge in [0.05, 0.1) is 27.9 Å². The number of nitriles is 2. The lowest BCUT2D eigenvalue weighted by Gasteiger charge is -2.06. The molecule has 0 atom stereocenters. The van der Waals surface area contributed by atoms with Gasteiger partial charge in [0, 0.05) is 6.20 Å². The Morgan fingerprint density at radius 3 is 2.40 bits per heavy atom. The van der Waals surface area contributed by atoms with E-state index in [0.29, 0.717) is 16.8 Å². The number of benzene rings is 1. The molecule has 96 valence electrons. The SMILES string of the molecule is N#Cc1ccc(C(=O)Nc2ccc(C#N)cc2Cl)nc1. The van der Waals surface area contributed by atoms with E-state index in [1.165, 1.54) is 24.4 Å². The van der Waals surface area contributed by atoms with E-state index < -0.39 is 5.91 Å². The molecule has 0 bridgehead atoms. The predicted molar refractivity (Wildman–Crippen MR) is 73.1 cm³/mol. The zero-order valence-electron chi connectivity index (χ0n) is 10.1. The first-order valence-corrected chi connectivity index (χ1v) is 5.89. The molecule has 0 fully saturated rings. The molecule has 5 nitrogen and oxygen atoms in total. The summed E-state index contributed by atoms with van der Waals surface area (Å²) in [5.74, 6) is -0.443. The first kappa shape index (κ1) is 13.5. The van der Waals surface area contributed by atoms with Crippen LogP contribution in [0.15, 0.2) is 36.5 Å². The lowest BCUT2D eigenvalue weighted by atomic mass is 10.2. The van der Waals surface area contributed by atoms with Crippen molar-refractivity contribution in [2.24, 2.45) is 0 Å². The van der Waals surface area contributed by atoms with Gasteiger partial charge in [0.1, 0.15) is 11.8 Å². The average Bonchev–Trinajstić information content (AvgIpc) is 2.49. The molecule has 1 aromatic carbocycles. The van der Waals surface area contributed by atoms with Crippen LogP contribution in [-0.4, -0.2) is 10.9 Å². The molecule has 6 heteroatoms. The number of aromatic nitrogens is 1. The molecular formula is C14H7ClN4O. The minimum absolute atomic E-state index is 0.171. The van der Waals surface area contributed by atoms with Gasteiger partial charge in [0.25, 0.3) is 5.91 Å². The van der Waals surface area contributed by atoms with Crippen molar-refractivity contribution in [2.75, 3.05) is 5.32 Å². The highest BCUT2D eigenvalue weighted by molar-refractivity contribution is 6.34. The van der Waals surface area contributed by atoms with Crippen molar-refractivity contribution in [3.8, 4) is 12.1 Å². The summed E-state index contributed by atoms with van der Waals surface area (Å²) in [6, 6.07) is 11.4. The van der Waals surface area contributed by atoms with Crippen LogP contribution in [0, 0.1) is 22.7 Å². The number of halogens is 1. The quantitative estimate of drug-likeness (QED) is 0.917. The molecule has 0 spiro atoms. The number of nitrogens with one attached hydrogen (secondary N) is 1. The van der Waals surface area contributed by atoms with Crippen molar-refractivity contribution in [3.63, 3.8) is 0 Å². The second-order valence-electron chi connectivity index (χ2n) is 3.80. The molecule has 20 heavy (non-hydrogen) atoms. The largest absolute Gasteiger partial charge is 0.319 e. The van der Waals surface area contributed by atoms with Crippen LogP contribution in [0.3, 0.4) is 0 Å². The summed E-state index contributed by atoms with van der Waals surface area (Å²) in [7, 11) is 0.